The van der Waals surface area contributed by atoms with Crippen LogP contribution in [-0.4, -0.2) is 47.8 Å². The molecule has 1 N–H and O–H groups in total. The second-order valence-corrected chi connectivity index (χ2v) is 5.28. The van der Waals surface area contributed by atoms with Gasteiger partial charge in [0.15, 0.2) is 0 Å². The second-order valence-electron chi connectivity index (χ2n) is 5.28. The summed E-state index contributed by atoms with van der Waals surface area (Å²) < 4.78 is 7.04. The maximum absolute atomic E-state index is 12.2. The summed E-state index contributed by atoms with van der Waals surface area (Å²) in [5, 5.41) is 8.56. The topological polar surface area (TPSA) is 59.4 Å². The highest BCUT2D eigenvalue weighted by atomic mass is 16.5. The number of nitrogens with zero attached hydrogens (tertiary/aromatic N) is 3. The zero-order valence-corrected chi connectivity index (χ0v) is 12.4. The maximum Gasteiger partial charge on any atom is 0.244 e. The molecule has 1 fully saturated rings. The summed E-state index contributed by atoms with van der Waals surface area (Å²) in [4.78, 5) is 14.1. The molecule has 0 atom stereocenters. The molecule has 2 heterocycles. The standard InChI is InChI=1S/C15H20N4O2/c1-16-13-7-11-9-19(17-12(11)8-14(13)21-2)10-15(20)18-5-3-4-6-18/h7-9,16H,3-6,10H2,1-2H3. The number of methoxy groups -OCH3 is 1. The van der Waals surface area contributed by atoms with Crippen LogP contribution in [0.3, 0.4) is 0 Å². The summed E-state index contributed by atoms with van der Waals surface area (Å²) in [6, 6.07) is 3.87. The molecule has 21 heavy (non-hydrogen) atoms. The summed E-state index contributed by atoms with van der Waals surface area (Å²) in [5.41, 5.74) is 1.75. The van der Waals surface area contributed by atoms with Crippen LogP contribution >= 0.6 is 0 Å². The molecule has 6 heteroatoms. The minimum atomic E-state index is 0.140. The molecular weight excluding hydrogens is 268 g/mol. The van der Waals surface area contributed by atoms with Gasteiger partial charge in [-0.15, -0.1) is 0 Å². The van der Waals surface area contributed by atoms with E-state index < -0.39 is 0 Å². The summed E-state index contributed by atoms with van der Waals surface area (Å²) in [6.07, 6.45) is 4.12. The van der Waals surface area contributed by atoms with E-state index in [-0.39, 0.29) is 5.91 Å². The highest BCUT2D eigenvalue weighted by Crippen LogP contribution is 2.29. The first-order chi connectivity index (χ1) is 10.2. The predicted octanol–water partition coefficient (Wildman–Crippen LogP) is 1.71. The van der Waals surface area contributed by atoms with Gasteiger partial charge in [-0.05, 0) is 18.9 Å². The quantitative estimate of drug-likeness (QED) is 0.930. The minimum Gasteiger partial charge on any atom is -0.495 e. The van der Waals surface area contributed by atoms with E-state index >= 15 is 0 Å². The number of ether oxygens (including phenoxy) is 1. The highest BCUT2D eigenvalue weighted by molar-refractivity contribution is 5.86. The summed E-state index contributed by atoms with van der Waals surface area (Å²) >= 11 is 0. The lowest BCUT2D eigenvalue weighted by Crippen LogP contribution is -2.31. The molecule has 1 aromatic heterocycles. The monoisotopic (exact) mass is 288 g/mol. The van der Waals surface area contributed by atoms with E-state index in [1.807, 2.05) is 30.3 Å². The Bertz CT molecular complexity index is 618. The molecule has 0 aliphatic carbocycles. The third-order valence-corrected chi connectivity index (χ3v) is 3.90. The molecule has 0 unspecified atom stereocenters. The molecule has 1 aliphatic heterocycles. The number of nitrogens with one attached hydrogen (secondary N) is 1. The Balaban J connectivity index is 1.85. The van der Waals surface area contributed by atoms with Gasteiger partial charge in [0.25, 0.3) is 0 Å². The van der Waals surface area contributed by atoms with Crippen molar-refractivity contribution in [3.8, 4) is 5.75 Å². The van der Waals surface area contributed by atoms with E-state index in [9.17, 15) is 4.79 Å². The fourth-order valence-corrected chi connectivity index (χ4v) is 2.75. The first kappa shape index (κ1) is 13.7. The van der Waals surface area contributed by atoms with Crippen LogP contribution in [0.1, 0.15) is 12.8 Å². The van der Waals surface area contributed by atoms with Crippen LogP contribution in [0.2, 0.25) is 0 Å². The van der Waals surface area contributed by atoms with Crippen LogP contribution in [0.15, 0.2) is 18.3 Å². The number of rotatable bonds is 4. The number of fused-ring (bicyclic) bond motifs is 1. The van der Waals surface area contributed by atoms with Crippen LogP contribution in [0.25, 0.3) is 10.9 Å². The number of anilines is 1. The van der Waals surface area contributed by atoms with Gasteiger partial charge in [-0.2, -0.15) is 5.10 Å². The molecule has 3 rings (SSSR count). The van der Waals surface area contributed by atoms with E-state index in [0.29, 0.717) is 6.54 Å². The number of hydrogen-bond donors (Lipinski definition) is 1. The van der Waals surface area contributed by atoms with Gasteiger partial charge in [-0.25, -0.2) is 0 Å². The molecule has 0 radical (unpaired) electrons. The first-order valence-electron chi connectivity index (χ1n) is 7.22. The number of hydrogen-bond acceptors (Lipinski definition) is 4. The number of carbonyl (C=O) groups excluding carboxylic acids is 1. The molecular formula is C15H20N4O2. The van der Waals surface area contributed by atoms with Crippen molar-refractivity contribution in [1.29, 1.82) is 0 Å². The van der Waals surface area contributed by atoms with E-state index in [1.165, 1.54) is 0 Å². The molecule has 2 aromatic rings. The molecule has 1 aliphatic rings. The Morgan fingerprint density at radius 1 is 1.38 bits per heavy atom. The van der Waals surface area contributed by atoms with E-state index in [0.717, 1.165) is 48.3 Å². The summed E-state index contributed by atoms with van der Waals surface area (Å²) in [6.45, 7) is 2.04. The van der Waals surface area contributed by atoms with Crippen molar-refractivity contribution in [3.63, 3.8) is 0 Å². The molecule has 112 valence electrons. The van der Waals surface area contributed by atoms with Crippen molar-refractivity contribution in [2.75, 3.05) is 32.6 Å². The van der Waals surface area contributed by atoms with Crippen molar-refractivity contribution >= 4 is 22.5 Å². The van der Waals surface area contributed by atoms with E-state index in [4.69, 9.17) is 4.74 Å². The SMILES string of the molecule is CNc1cc2cn(CC(=O)N3CCCC3)nc2cc1OC. The van der Waals surface area contributed by atoms with Crippen molar-refractivity contribution in [2.45, 2.75) is 19.4 Å². The Hall–Kier alpha value is -2.24. The lowest BCUT2D eigenvalue weighted by atomic mass is 10.2. The number of benzene rings is 1. The Morgan fingerprint density at radius 2 is 2.14 bits per heavy atom. The smallest absolute Gasteiger partial charge is 0.244 e. The van der Waals surface area contributed by atoms with Gasteiger partial charge >= 0.3 is 0 Å². The summed E-state index contributed by atoms with van der Waals surface area (Å²) in [7, 11) is 3.49. The Labute approximate surface area is 123 Å². The molecule has 0 saturated carbocycles. The first-order valence-corrected chi connectivity index (χ1v) is 7.22. The molecule has 1 aromatic carbocycles. The van der Waals surface area contributed by atoms with Crippen LogP contribution in [0, 0.1) is 0 Å². The largest absolute Gasteiger partial charge is 0.495 e. The van der Waals surface area contributed by atoms with Crippen molar-refractivity contribution in [2.24, 2.45) is 0 Å². The molecule has 0 spiro atoms. The molecule has 1 saturated heterocycles. The molecule has 1 amide bonds. The highest BCUT2D eigenvalue weighted by Gasteiger charge is 2.18. The van der Waals surface area contributed by atoms with E-state index in [2.05, 4.69) is 10.4 Å². The zero-order valence-electron chi connectivity index (χ0n) is 12.4. The number of amides is 1. The Morgan fingerprint density at radius 3 is 2.81 bits per heavy atom. The fourth-order valence-electron chi connectivity index (χ4n) is 2.75. The summed E-state index contributed by atoms with van der Waals surface area (Å²) in [5.74, 6) is 0.891. The zero-order chi connectivity index (χ0) is 14.8. The van der Waals surface area contributed by atoms with Crippen LogP contribution in [-0.2, 0) is 11.3 Å². The maximum atomic E-state index is 12.2. The number of carbonyl (C=O) groups is 1. The van der Waals surface area contributed by atoms with Gasteiger partial charge in [0.1, 0.15) is 12.3 Å². The average Bonchev–Trinajstić information content (AvgIpc) is 3.14. The van der Waals surface area contributed by atoms with Gasteiger partial charge in [0.05, 0.1) is 18.3 Å². The van der Waals surface area contributed by atoms with Crippen LogP contribution < -0.4 is 10.1 Å². The molecule has 0 bridgehead atoms. The van der Waals surface area contributed by atoms with Crippen LogP contribution in [0.4, 0.5) is 5.69 Å². The van der Waals surface area contributed by atoms with Gasteiger partial charge in [-0.1, -0.05) is 0 Å². The van der Waals surface area contributed by atoms with Crippen LogP contribution in [0.5, 0.6) is 5.75 Å². The number of likely N-dealkylation sites (tertiary alicyclic amines) is 1. The minimum absolute atomic E-state index is 0.140. The van der Waals surface area contributed by atoms with Gasteiger partial charge in [0.2, 0.25) is 5.91 Å². The fraction of sp³-hybridized carbons (Fsp3) is 0.467. The predicted molar refractivity (Wildman–Crippen MR) is 81.6 cm³/mol. The van der Waals surface area contributed by atoms with Gasteiger partial charge < -0.3 is 15.0 Å². The third kappa shape index (κ3) is 2.66. The average molecular weight is 288 g/mol. The lowest BCUT2D eigenvalue weighted by molar-refractivity contribution is -0.130. The van der Waals surface area contributed by atoms with E-state index in [1.54, 1.807) is 11.8 Å². The van der Waals surface area contributed by atoms with Crippen molar-refractivity contribution in [3.05, 3.63) is 18.3 Å². The normalized spacial score (nSPS) is 14.7. The van der Waals surface area contributed by atoms with Gasteiger partial charge in [0, 0.05) is 37.8 Å². The third-order valence-electron chi connectivity index (χ3n) is 3.90. The number of aromatic nitrogens is 2. The Kier molecular flexibility index (Phi) is 3.68. The second kappa shape index (κ2) is 5.63. The van der Waals surface area contributed by atoms with Gasteiger partial charge in [-0.3, -0.25) is 9.48 Å². The lowest BCUT2D eigenvalue weighted by Gasteiger charge is -2.14. The van der Waals surface area contributed by atoms with Crippen molar-refractivity contribution < 1.29 is 9.53 Å². The molecule has 6 nitrogen and oxygen atoms in total. The van der Waals surface area contributed by atoms with Crippen molar-refractivity contribution in [1.82, 2.24) is 14.7 Å².